The van der Waals surface area contributed by atoms with Crippen LogP contribution >= 0.6 is 26.6 Å². The van der Waals surface area contributed by atoms with Crippen molar-refractivity contribution in [2.24, 2.45) is 0 Å². The van der Waals surface area contributed by atoms with Crippen molar-refractivity contribution in [2.75, 3.05) is 0 Å². The van der Waals surface area contributed by atoms with Gasteiger partial charge in [0.05, 0.1) is 0 Å². The first-order valence-electron chi connectivity index (χ1n) is 3.72. The van der Waals surface area contributed by atoms with E-state index in [1.807, 2.05) is 0 Å². The van der Waals surface area contributed by atoms with Crippen LogP contribution in [0.2, 0.25) is 0 Å². The first-order valence-corrected chi connectivity index (χ1v) is 6.82. The Kier molecular flexibility index (Phi) is 3.99. The van der Waals surface area contributed by atoms with Gasteiger partial charge in [0.25, 0.3) is 11.5 Å². The first-order chi connectivity index (χ1) is 7.64. The minimum absolute atomic E-state index is 0.451. The number of alkyl halides is 2. The summed E-state index contributed by atoms with van der Waals surface area (Å²) in [5.74, 6) is -1.26. The van der Waals surface area contributed by atoms with Gasteiger partial charge >= 0.3 is 14.9 Å². The van der Waals surface area contributed by atoms with Crippen molar-refractivity contribution < 1.29 is 22.1 Å². The maximum Gasteiger partial charge on any atom is 0.375 e. The van der Waals surface area contributed by atoms with Gasteiger partial charge in [-0.25, -0.2) is 17.2 Å². The van der Waals surface area contributed by atoms with E-state index >= 15 is 0 Å². The van der Waals surface area contributed by atoms with E-state index in [4.69, 9.17) is 10.7 Å². The Balaban J connectivity index is 3.64. The Labute approximate surface area is 106 Å². The number of nitrogens with zero attached hydrogens (tertiary/aromatic N) is 2. The molecule has 0 unspecified atom stereocenters. The predicted molar refractivity (Wildman–Crippen MR) is 56.6 cm³/mol. The lowest BCUT2D eigenvalue weighted by molar-refractivity contribution is -0.391. The van der Waals surface area contributed by atoms with Crippen LogP contribution in [0.1, 0.15) is 12.0 Å². The monoisotopic (exact) mass is 350 g/mol. The van der Waals surface area contributed by atoms with Gasteiger partial charge in [0, 0.05) is 21.2 Å². The minimum Gasteiger partial charge on any atom is -0.358 e. The fourth-order valence-corrected chi connectivity index (χ4v) is 2.37. The van der Waals surface area contributed by atoms with E-state index in [0.29, 0.717) is 6.07 Å². The molecule has 0 radical (unpaired) electrons. The van der Waals surface area contributed by atoms with Crippen LogP contribution in [0, 0.1) is 10.1 Å². The van der Waals surface area contributed by atoms with Crippen LogP contribution in [0.5, 0.6) is 0 Å². The van der Waals surface area contributed by atoms with E-state index in [1.54, 1.807) is 0 Å². The van der Waals surface area contributed by atoms with Crippen LogP contribution in [-0.2, 0) is 9.05 Å². The molecule has 0 saturated heterocycles. The Morgan fingerprint density at radius 2 is 2.06 bits per heavy atom. The Bertz CT molecular complexity index is 580. The molecule has 0 aromatic carbocycles. The second-order valence-corrected chi connectivity index (χ2v) is 6.04. The second kappa shape index (κ2) is 4.78. The van der Waals surface area contributed by atoms with Crippen molar-refractivity contribution in [2.45, 2.75) is 11.5 Å². The van der Waals surface area contributed by atoms with E-state index < -0.39 is 41.3 Å². The predicted octanol–water partition coefficient (Wildman–Crippen LogP) is 2.62. The fraction of sp³-hybridized carbons (Fsp3) is 0.167. The fourth-order valence-electron chi connectivity index (χ4n) is 0.956. The lowest BCUT2D eigenvalue weighted by Crippen LogP contribution is -2.05. The summed E-state index contributed by atoms with van der Waals surface area (Å²) in [6, 6.07) is 0.677. The van der Waals surface area contributed by atoms with Gasteiger partial charge in [-0.3, -0.25) is 0 Å². The van der Waals surface area contributed by atoms with Crippen LogP contribution in [0.25, 0.3) is 0 Å². The number of hydrogen-bond donors (Lipinski definition) is 0. The van der Waals surface area contributed by atoms with Crippen molar-refractivity contribution in [3.05, 3.63) is 26.2 Å². The zero-order valence-electron chi connectivity index (χ0n) is 7.60. The topological polar surface area (TPSA) is 90.2 Å². The number of halogens is 4. The van der Waals surface area contributed by atoms with Crippen molar-refractivity contribution in [3.63, 3.8) is 0 Å². The van der Waals surface area contributed by atoms with Gasteiger partial charge in [0.1, 0.15) is 5.56 Å². The average molecular weight is 352 g/mol. The molecule has 0 N–H and O–H groups in total. The van der Waals surface area contributed by atoms with E-state index in [-0.39, 0.29) is 0 Å². The molecule has 1 heterocycles. The first kappa shape index (κ1) is 14.2. The smallest absolute Gasteiger partial charge is 0.358 e. The summed E-state index contributed by atoms with van der Waals surface area (Å²) in [4.78, 5) is 12.3. The van der Waals surface area contributed by atoms with Gasteiger partial charge in [-0.05, 0) is 25.8 Å². The maximum absolute atomic E-state index is 12.5. The zero-order valence-corrected chi connectivity index (χ0v) is 10.8. The van der Waals surface area contributed by atoms with Crippen molar-refractivity contribution in [3.8, 4) is 0 Å². The molecule has 0 bridgehead atoms. The van der Waals surface area contributed by atoms with Crippen molar-refractivity contribution in [1.29, 1.82) is 0 Å². The second-order valence-electron chi connectivity index (χ2n) is 2.68. The van der Waals surface area contributed by atoms with Gasteiger partial charge in [0.2, 0.25) is 0 Å². The zero-order chi connectivity index (χ0) is 13.4. The largest absolute Gasteiger partial charge is 0.375 e. The summed E-state index contributed by atoms with van der Waals surface area (Å²) >= 11 is 2.61. The summed E-state index contributed by atoms with van der Waals surface area (Å²) in [5.41, 5.74) is -1.00. The molecular weight excluding hydrogens is 349 g/mol. The van der Waals surface area contributed by atoms with E-state index in [0.717, 1.165) is 0 Å². The lowest BCUT2D eigenvalue weighted by atomic mass is 10.2. The molecule has 0 aliphatic heterocycles. The van der Waals surface area contributed by atoms with Crippen LogP contribution < -0.4 is 0 Å². The molecule has 17 heavy (non-hydrogen) atoms. The summed E-state index contributed by atoms with van der Waals surface area (Å²) < 4.78 is 46.4. The molecule has 0 saturated carbocycles. The number of rotatable bonds is 3. The molecule has 0 aliphatic rings. The van der Waals surface area contributed by atoms with E-state index in [1.165, 1.54) is 0 Å². The third-order valence-electron chi connectivity index (χ3n) is 1.61. The highest BCUT2D eigenvalue weighted by Gasteiger charge is 2.31. The van der Waals surface area contributed by atoms with Crippen LogP contribution in [0.4, 0.5) is 14.6 Å². The van der Waals surface area contributed by atoms with Gasteiger partial charge < -0.3 is 10.1 Å². The molecule has 1 rings (SSSR count). The quantitative estimate of drug-likeness (QED) is 0.474. The SMILES string of the molecule is O=[N+]([O-])c1nc(S(=O)(=O)Cl)cc(Br)c1C(F)F. The standard InChI is InChI=1S/C6H2BrClF2N2O4S/c7-2-1-3(17(8,15)16)11-6(12(13)14)4(2)5(9)10/h1,5H. The van der Waals surface area contributed by atoms with Crippen LogP contribution in [0.3, 0.4) is 0 Å². The highest BCUT2D eigenvalue weighted by Crippen LogP contribution is 2.35. The van der Waals surface area contributed by atoms with E-state index in [9.17, 15) is 27.3 Å². The number of hydrogen-bond acceptors (Lipinski definition) is 5. The number of pyridine rings is 1. The third-order valence-corrected chi connectivity index (χ3v) is 3.44. The summed E-state index contributed by atoms with van der Waals surface area (Å²) in [6.07, 6.45) is -3.18. The lowest BCUT2D eigenvalue weighted by Gasteiger charge is -2.04. The highest BCUT2D eigenvalue weighted by atomic mass is 79.9. The highest BCUT2D eigenvalue weighted by molar-refractivity contribution is 9.10. The molecule has 0 fully saturated rings. The van der Waals surface area contributed by atoms with Crippen molar-refractivity contribution >= 4 is 41.5 Å². The van der Waals surface area contributed by atoms with Crippen molar-refractivity contribution in [1.82, 2.24) is 4.98 Å². The Hall–Kier alpha value is -0.870. The third kappa shape index (κ3) is 3.07. The van der Waals surface area contributed by atoms with Crippen LogP contribution in [-0.4, -0.2) is 18.3 Å². The van der Waals surface area contributed by atoms with Gasteiger partial charge in [-0.15, -0.1) is 0 Å². The summed E-state index contributed by atoms with van der Waals surface area (Å²) in [5, 5.41) is 9.64. The number of aromatic nitrogens is 1. The Morgan fingerprint density at radius 1 is 1.53 bits per heavy atom. The molecular formula is C6H2BrClF2N2O4S. The molecule has 0 amide bonds. The molecule has 94 valence electrons. The Morgan fingerprint density at radius 3 is 2.41 bits per heavy atom. The maximum atomic E-state index is 12.5. The molecule has 0 atom stereocenters. The minimum atomic E-state index is -4.34. The molecule has 6 nitrogen and oxygen atoms in total. The normalized spacial score (nSPS) is 11.8. The van der Waals surface area contributed by atoms with Crippen LogP contribution in [0.15, 0.2) is 15.6 Å². The van der Waals surface area contributed by atoms with Gasteiger partial charge in [0.15, 0.2) is 0 Å². The van der Waals surface area contributed by atoms with E-state index in [2.05, 4.69) is 20.9 Å². The van der Waals surface area contributed by atoms with Gasteiger partial charge in [-0.1, -0.05) is 0 Å². The number of nitro groups is 1. The molecule has 11 heteroatoms. The summed E-state index contributed by atoms with van der Waals surface area (Å²) in [6.45, 7) is 0. The molecule has 1 aromatic heterocycles. The summed E-state index contributed by atoms with van der Waals surface area (Å²) in [7, 11) is 0.576. The molecule has 0 spiro atoms. The molecule has 0 aliphatic carbocycles. The molecule has 1 aromatic rings. The van der Waals surface area contributed by atoms with Gasteiger partial charge in [-0.2, -0.15) is 0 Å². The average Bonchev–Trinajstić information content (AvgIpc) is 2.13.